The van der Waals surface area contributed by atoms with Crippen molar-refractivity contribution in [3.8, 4) is 0 Å². The third kappa shape index (κ3) is 10.0. The SMILES string of the molecule is CC(C)COC(C)CCNC(C)(C)C. The van der Waals surface area contributed by atoms with Gasteiger partial charge in [-0.15, -0.1) is 0 Å². The van der Waals surface area contributed by atoms with Crippen LogP contribution >= 0.6 is 0 Å². The number of rotatable bonds is 6. The van der Waals surface area contributed by atoms with Crippen molar-refractivity contribution in [3.05, 3.63) is 0 Å². The van der Waals surface area contributed by atoms with Crippen LogP contribution in [-0.2, 0) is 4.74 Å². The lowest BCUT2D eigenvalue weighted by Gasteiger charge is -2.22. The molecule has 86 valence electrons. The molecule has 0 saturated carbocycles. The molecule has 0 saturated heterocycles. The Balaban J connectivity index is 3.40. The highest BCUT2D eigenvalue weighted by Crippen LogP contribution is 2.03. The molecule has 0 spiro atoms. The van der Waals surface area contributed by atoms with Crippen molar-refractivity contribution in [2.24, 2.45) is 5.92 Å². The fraction of sp³-hybridized carbons (Fsp3) is 1.00. The number of ether oxygens (including phenoxy) is 1. The Bertz CT molecular complexity index is 138. The Morgan fingerprint density at radius 3 is 2.14 bits per heavy atom. The zero-order valence-electron chi connectivity index (χ0n) is 10.7. The minimum Gasteiger partial charge on any atom is -0.378 e. The van der Waals surface area contributed by atoms with Gasteiger partial charge in [0.25, 0.3) is 0 Å². The van der Waals surface area contributed by atoms with Crippen LogP contribution in [0.25, 0.3) is 0 Å². The Labute approximate surface area is 89.4 Å². The summed E-state index contributed by atoms with van der Waals surface area (Å²) >= 11 is 0. The Morgan fingerprint density at radius 2 is 1.71 bits per heavy atom. The molecule has 2 heteroatoms. The van der Waals surface area contributed by atoms with Crippen molar-refractivity contribution in [1.29, 1.82) is 0 Å². The molecule has 0 fully saturated rings. The molecule has 0 heterocycles. The topological polar surface area (TPSA) is 21.3 Å². The highest BCUT2D eigenvalue weighted by molar-refractivity contribution is 4.70. The van der Waals surface area contributed by atoms with E-state index in [2.05, 4.69) is 46.9 Å². The third-order valence-corrected chi connectivity index (χ3v) is 1.92. The predicted octanol–water partition coefficient (Wildman–Crippen LogP) is 2.83. The zero-order valence-corrected chi connectivity index (χ0v) is 10.7. The van der Waals surface area contributed by atoms with Crippen LogP contribution in [0.2, 0.25) is 0 Å². The van der Waals surface area contributed by atoms with Crippen LogP contribution in [0.3, 0.4) is 0 Å². The average Bonchev–Trinajstić information content (AvgIpc) is 1.98. The second-order valence-electron chi connectivity index (χ2n) is 5.50. The summed E-state index contributed by atoms with van der Waals surface area (Å²) in [5.74, 6) is 0.632. The molecule has 0 bridgehead atoms. The highest BCUT2D eigenvalue weighted by atomic mass is 16.5. The first-order valence-corrected chi connectivity index (χ1v) is 5.68. The smallest absolute Gasteiger partial charge is 0.0559 e. The molecule has 0 aliphatic carbocycles. The van der Waals surface area contributed by atoms with Crippen LogP contribution in [0.1, 0.15) is 48.0 Å². The molecular formula is C12H27NO. The minimum atomic E-state index is 0.220. The first-order chi connectivity index (χ1) is 6.31. The molecule has 14 heavy (non-hydrogen) atoms. The lowest BCUT2D eigenvalue weighted by molar-refractivity contribution is 0.0418. The highest BCUT2D eigenvalue weighted by Gasteiger charge is 2.09. The van der Waals surface area contributed by atoms with Gasteiger partial charge in [0.2, 0.25) is 0 Å². The van der Waals surface area contributed by atoms with Gasteiger partial charge in [0.15, 0.2) is 0 Å². The van der Waals surface area contributed by atoms with E-state index < -0.39 is 0 Å². The fourth-order valence-corrected chi connectivity index (χ4v) is 1.09. The summed E-state index contributed by atoms with van der Waals surface area (Å²) in [5, 5.41) is 3.46. The Morgan fingerprint density at radius 1 is 1.14 bits per heavy atom. The second kappa shape index (κ2) is 6.41. The fourth-order valence-electron chi connectivity index (χ4n) is 1.09. The van der Waals surface area contributed by atoms with Crippen molar-refractivity contribution in [2.75, 3.05) is 13.2 Å². The van der Waals surface area contributed by atoms with Crippen LogP contribution in [0.4, 0.5) is 0 Å². The second-order valence-corrected chi connectivity index (χ2v) is 5.50. The summed E-state index contributed by atoms with van der Waals surface area (Å²) in [7, 11) is 0. The molecular weight excluding hydrogens is 174 g/mol. The van der Waals surface area contributed by atoms with E-state index >= 15 is 0 Å². The first-order valence-electron chi connectivity index (χ1n) is 5.68. The van der Waals surface area contributed by atoms with Crippen molar-refractivity contribution >= 4 is 0 Å². The molecule has 0 radical (unpaired) electrons. The average molecular weight is 201 g/mol. The zero-order chi connectivity index (χ0) is 11.2. The van der Waals surface area contributed by atoms with Crippen molar-refractivity contribution in [2.45, 2.75) is 59.6 Å². The van der Waals surface area contributed by atoms with Gasteiger partial charge in [0.05, 0.1) is 6.10 Å². The quantitative estimate of drug-likeness (QED) is 0.713. The molecule has 0 aromatic rings. The molecule has 0 amide bonds. The van der Waals surface area contributed by atoms with Gasteiger partial charge >= 0.3 is 0 Å². The normalized spacial score (nSPS) is 14.8. The molecule has 1 atom stereocenters. The first kappa shape index (κ1) is 13.9. The van der Waals surface area contributed by atoms with E-state index in [4.69, 9.17) is 4.74 Å². The van der Waals surface area contributed by atoms with Gasteiger partial charge in [-0.2, -0.15) is 0 Å². The maximum Gasteiger partial charge on any atom is 0.0559 e. The summed E-state index contributed by atoms with van der Waals surface area (Å²) in [4.78, 5) is 0. The molecule has 0 rings (SSSR count). The standard InChI is InChI=1S/C12H27NO/c1-10(2)9-14-11(3)7-8-13-12(4,5)6/h10-11,13H,7-9H2,1-6H3. The maximum absolute atomic E-state index is 5.68. The van der Waals surface area contributed by atoms with Gasteiger partial charge in [-0.05, 0) is 46.6 Å². The molecule has 1 N–H and O–H groups in total. The number of hydrogen-bond donors (Lipinski definition) is 1. The van der Waals surface area contributed by atoms with Crippen LogP contribution < -0.4 is 5.32 Å². The molecule has 0 aromatic carbocycles. The van der Waals surface area contributed by atoms with E-state index in [1.54, 1.807) is 0 Å². The Hall–Kier alpha value is -0.0800. The van der Waals surface area contributed by atoms with Crippen LogP contribution in [0.15, 0.2) is 0 Å². The summed E-state index contributed by atoms with van der Waals surface area (Å²) in [6, 6.07) is 0. The maximum atomic E-state index is 5.68. The van der Waals surface area contributed by atoms with E-state index in [0.29, 0.717) is 12.0 Å². The van der Waals surface area contributed by atoms with Crippen LogP contribution in [-0.4, -0.2) is 24.8 Å². The lowest BCUT2D eigenvalue weighted by atomic mass is 10.1. The molecule has 0 aromatic heterocycles. The van der Waals surface area contributed by atoms with Gasteiger partial charge in [-0.3, -0.25) is 0 Å². The van der Waals surface area contributed by atoms with E-state index in [1.165, 1.54) is 0 Å². The molecule has 0 aliphatic rings. The van der Waals surface area contributed by atoms with Gasteiger partial charge in [-0.25, -0.2) is 0 Å². The van der Waals surface area contributed by atoms with E-state index in [0.717, 1.165) is 19.6 Å². The minimum absolute atomic E-state index is 0.220. The number of hydrogen-bond acceptors (Lipinski definition) is 2. The van der Waals surface area contributed by atoms with Crippen LogP contribution in [0.5, 0.6) is 0 Å². The van der Waals surface area contributed by atoms with E-state index in [-0.39, 0.29) is 5.54 Å². The summed E-state index contributed by atoms with van der Waals surface area (Å²) in [6.07, 6.45) is 1.46. The summed E-state index contributed by atoms with van der Waals surface area (Å²) < 4.78 is 5.68. The summed E-state index contributed by atoms with van der Waals surface area (Å²) in [5.41, 5.74) is 0.220. The molecule has 2 nitrogen and oxygen atoms in total. The lowest BCUT2D eigenvalue weighted by Crippen LogP contribution is -2.37. The van der Waals surface area contributed by atoms with Gasteiger partial charge in [0.1, 0.15) is 0 Å². The molecule has 1 unspecified atom stereocenters. The van der Waals surface area contributed by atoms with Crippen molar-refractivity contribution in [3.63, 3.8) is 0 Å². The van der Waals surface area contributed by atoms with Gasteiger partial charge < -0.3 is 10.1 Å². The third-order valence-electron chi connectivity index (χ3n) is 1.92. The van der Waals surface area contributed by atoms with Crippen molar-refractivity contribution in [1.82, 2.24) is 5.32 Å². The molecule has 0 aliphatic heterocycles. The monoisotopic (exact) mass is 201 g/mol. The van der Waals surface area contributed by atoms with E-state index in [1.807, 2.05) is 0 Å². The van der Waals surface area contributed by atoms with Crippen molar-refractivity contribution < 1.29 is 4.74 Å². The summed E-state index contributed by atoms with van der Waals surface area (Å²) in [6.45, 7) is 15.0. The predicted molar refractivity (Wildman–Crippen MR) is 62.6 cm³/mol. The van der Waals surface area contributed by atoms with Crippen LogP contribution in [0, 0.1) is 5.92 Å². The van der Waals surface area contributed by atoms with Gasteiger partial charge in [0, 0.05) is 12.1 Å². The van der Waals surface area contributed by atoms with Gasteiger partial charge in [-0.1, -0.05) is 13.8 Å². The Kier molecular flexibility index (Phi) is 6.38. The van der Waals surface area contributed by atoms with E-state index in [9.17, 15) is 0 Å². The largest absolute Gasteiger partial charge is 0.378 e. The number of nitrogens with one attached hydrogen (secondary N) is 1.